The number of aromatic nitrogens is 4. The number of hydrogen-bond donors (Lipinski definition) is 1. The van der Waals surface area contributed by atoms with Gasteiger partial charge in [0.15, 0.2) is 0 Å². The van der Waals surface area contributed by atoms with Gasteiger partial charge < -0.3 is 5.32 Å². The lowest BCUT2D eigenvalue weighted by atomic mass is 10.1. The van der Waals surface area contributed by atoms with Crippen LogP contribution in [0.5, 0.6) is 0 Å². The zero-order chi connectivity index (χ0) is 23.7. The van der Waals surface area contributed by atoms with Gasteiger partial charge in [-0.1, -0.05) is 12.1 Å². The summed E-state index contributed by atoms with van der Waals surface area (Å²) in [6, 6.07) is 16.5. The van der Waals surface area contributed by atoms with Gasteiger partial charge in [-0.3, -0.25) is 19.1 Å². The van der Waals surface area contributed by atoms with Crippen LogP contribution in [-0.4, -0.2) is 31.1 Å². The van der Waals surface area contributed by atoms with E-state index in [1.807, 2.05) is 49.5 Å². The van der Waals surface area contributed by atoms with E-state index in [-0.39, 0.29) is 17.3 Å². The van der Waals surface area contributed by atoms with E-state index in [0.717, 1.165) is 33.1 Å². The monoisotopic (exact) mass is 469 g/mol. The van der Waals surface area contributed by atoms with Gasteiger partial charge >= 0.3 is 0 Å². The third kappa shape index (κ3) is 3.97. The van der Waals surface area contributed by atoms with Gasteiger partial charge in [-0.25, -0.2) is 4.68 Å². The molecule has 0 radical (unpaired) electrons. The number of alkyl halides is 1. The van der Waals surface area contributed by atoms with E-state index in [4.69, 9.17) is 11.6 Å². The highest BCUT2D eigenvalue weighted by Gasteiger charge is 2.13. The first-order chi connectivity index (χ1) is 16.5. The maximum atomic E-state index is 13.2. The molecule has 1 N–H and O–H groups in total. The number of carbonyl (C=O) groups excluding carboxylic acids is 1. The number of nitrogens with one attached hydrogen (secondary N) is 1. The fourth-order valence-electron chi connectivity index (χ4n) is 3.93. The minimum absolute atomic E-state index is 0.187. The maximum Gasteiger partial charge on any atom is 0.255 e. The van der Waals surface area contributed by atoms with Gasteiger partial charge in [-0.2, -0.15) is 5.10 Å². The topological polar surface area (TPSA) is 81.8 Å². The molecule has 0 unspecified atom stereocenters. The molecule has 5 rings (SSSR count). The summed E-state index contributed by atoms with van der Waals surface area (Å²) in [5.41, 5.74) is 4.28. The zero-order valence-corrected chi connectivity index (χ0v) is 19.0. The van der Waals surface area contributed by atoms with Crippen molar-refractivity contribution in [2.45, 2.75) is 6.92 Å². The Labute approximate surface area is 199 Å². The first-order valence-electron chi connectivity index (χ1n) is 10.6. The molecule has 5 aromatic rings. The van der Waals surface area contributed by atoms with Crippen LogP contribution in [0.15, 0.2) is 90.1 Å². The van der Waals surface area contributed by atoms with Crippen LogP contribution in [0.2, 0.25) is 0 Å². The molecule has 0 aliphatic carbocycles. The van der Waals surface area contributed by atoms with Crippen molar-refractivity contribution < 1.29 is 4.79 Å². The normalized spacial score (nSPS) is 11.5. The summed E-state index contributed by atoms with van der Waals surface area (Å²) in [4.78, 5) is 30.0. The maximum absolute atomic E-state index is 13.2. The fourth-order valence-corrected chi connectivity index (χ4v) is 4.02. The molecule has 0 fully saturated rings. The molecule has 0 aliphatic heterocycles. The molecule has 0 saturated carbocycles. The van der Waals surface area contributed by atoms with Crippen LogP contribution in [0.1, 0.15) is 5.56 Å². The quantitative estimate of drug-likeness (QED) is 0.228. The van der Waals surface area contributed by atoms with Crippen LogP contribution in [-0.2, 0) is 4.79 Å². The van der Waals surface area contributed by atoms with E-state index in [9.17, 15) is 9.59 Å². The lowest BCUT2D eigenvalue weighted by Gasteiger charge is -2.15. The molecule has 0 atom stereocenters. The van der Waals surface area contributed by atoms with Gasteiger partial charge in [0.25, 0.3) is 5.56 Å². The molecular weight excluding hydrogens is 450 g/mol. The molecule has 7 nitrogen and oxygen atoms in total. The molecule has 0 aliphatic rings. The van der Waals surface area contributed by atoms with Crippen LogP contribution in [0.4, 0.5) is 5.69 Å². The molecule has 1 amide bonds. The van der Waals surface area contributed by atoms with Crippen molar-refractivity contribution in [3.63, 3.8) is 0 Å². The van der Waals surface area contributed by atoms with Gasteiger partial charge in [-0.05, 0) is 55.0 Å². The Bertz CT molecular complexity index is 1620. The highest BCUT2D eigenvalue weighted by molar-refractivity contribution is 6.19. The average molecular weight is 470 g/mol. The van der Waals surface area contributed by atoms with Crippen molar-refractivity contribution in [1.82, 2.24) is 19.3 Å². The second kappa shape index (κ2) is 8.96. The minimum atomic E-state index is -0.287. The largest absolute Gasteiger partial charge is 0.322 e. The number of hydrogen-bond acceptors (Lipinski definition) is 4. The van der Waals surface area contributed by atoms with Crippen LogP contribution >= 0.6 is 11.6 Å². The molecule has 34 heavy (non-hydrogen) atoms. The van der Waals surface area contributed by atoms with Crippen molar-refractivity contribution in [3.8, 4) is 11.4 Å². The second-order valence-corrected chi connectivity index (χ2v) is 8.07. The summed E-state index contributed by atoms with van der Waals surface area (Å²) < 4.78 is 3.41. The Morgan fingerprint density at radius 3 is 2.76 bits per heavy atom. The lowest BCUT2D eigenvalue weighted by molar-refractivity contribution is -0.111. The van der Waals surface area contributed by atoms with E-state index in [1.165, 1.54) is 12.1 Å². The number of nitrogens with zero attached hydrogens (tertiary/aromatic N) is 4. The van der Waals surface area contributed by atoms with E-state index >= 15 is 0 Å². The Balaban J connectivity index is 1.74. The number of halogens is 1. The molecule has 0 saturated heterocycles. The number of amides is 1. The molecule has 8 heteroatoms. The van der Waals surface area contributed by atoms with E-state index in [1.54, 1.807) is 39.9 Å². The summed E-state index contributed by atoms with van der Waals surface area (Å²) in [5, 5.41) is 8.82. The first-order valence-corrected chi connectivity index (χ1v) is 11.2. The number of aryl methyl sites for hydroxylation is 1. The highest BCUT2D eigenvalue weighted by Crippen LogP contribution is 2.28. The molecule has 3 aromatic heterocycles. The van der Waals surface area contributed by atoms with Gasteiger partial charge in [0.1, 0.15) is 0 Å². The van der Waals surface area contributed by atoms with E-state index < -0.39 is 0 Å². The number of carbonyl (C=O) groups is 1. The average Bonchev–Trinajstić information content (AvgIpc) is 3.39. The number of allylic oxidation sites excluding steroid dienone is 1. The first kappa shape index (κ1) is 21.6. The molecule has 2 aromatic carbocycles. The molecule has 0 spiro atoms. The third-order valence-corrected chi connectivity index (χ3v) is 5.74. The van der Waals surface area contributed by atoms with Gasteiger partial charge in [-0.15, -0.1) is 11.6 Å². The number of pyridine rings is 2. The SMILES string of the molecule is Cc1ccc(-n2c(=O)ccc3cnc4ccc(-n5cccn5)cc4c32)cc1NC(=O)C=CCCl. The third-order valence-electron chi connectivity index (χ3n) is 5.57. The Morgan fingerprint density at radius 1 is 1.12 bits per heavy atom. The van der Waals surface area contributed by atoms with Crippen LogP contribution in [0.3, 0.4) is 0 Å². The van der Waals surface area contributed by atoms with Gasteiger partial charge in [0.2, 0.25) is 5.91 Å². The fraction of sp³-hybridized carbons (Fsp3) is 0.0769. The highest BCUT2D eigenvalue weighted by atomic mass is 35.5. The smallest absolute Gasteiger partial charge is 0.255 e. The standard InChI is InChI=1S/C26H20ClN5O2/c1-17-5-7-20(15-23(17)30-24(33)4-2-11-27)32-25(34)10-6-18-16-28-22-9-8-19(14-21(22)26(18)32)31-13-3-12-29-31/h2-10,12-16H,11H2,1H3,(H,30,33). The van der Waals surface area contributed by atoms with Crippen molar-refractivity contribution >= 4 is 45.0 Å². The number of rotatable bonds is 5. The zero-order valence-electron chi connectivity index (χ0n) is 18.3. The van der Waals surface area contributed by atoms with Crippen LogP contribution < -0.4 is 10.9 Å². The van der Waals surface area contributed by atoms with Gasteiger partial charge in [0.05, 0.1) is 22.4 Å². The second-order valence-electron chi connectivity index (χ2n) is 7.77. The van der Waals surface area contributed by atoms with Crippen molar-refractivity contribution in [2.24, 2.45) is 0 Å². The van der Waals surface area contributed by atoms with Crippen LogP contribution in [0.25, 0.3) is 33.2 Å². The molecule has 3 heterocycles. The van der Waals surface area contributed by atoms with Crippen molar-refractivity contribution in [3.05, 3.63) is 101 Å². The molecular formula is C26H20ClN5O2. The van der Waals surface area contributed by atoms with E-state index in [2.05, 4.69) is 15.4 Å². The van der Waals surface area contributed by atoms with E-state index in [0.29, 0.717) is 11.4 Å². The Kier molecular flexibility index (Phi) is 5.69. The van der Waals surface area contributed by atoms with Gasteiger partial charge in [0, 0.05) is 53.1 Å². The number of benzene rings is 2. The molecule has 168 valence electrons. The minimum Gasteiger partial charge on any atom is -0.322 e. The predicted molar refractivity (Wildman–Crippen MR) is 135 cm³/mol. The Morgan fingerprint density at radius 2 is 1.97 bits per heavy atom. The summed E-state index contributed by atoms with van der Waals surface area (Å²) in [6.45, 7) is 1.90. The van der Waals surface area contributed by atoms with Crippen LogP contribution in [0, 0.1) is 6.92 Å². The lowest BCUT2D eigenvalue weighted by Crippen LogP contribution is -2.18. The number of anilines is 1. The summed E-state index contributed by atoms with van der Waals surface area (Å²) in [7, 11) is 0. The molecule has 0 bridgehead atoms. The predicted octanol–water partition coefficient (Wildman–Crippen LogP) is 4.77. The van der Waals surface area contributed by atoms with Crippen molar-refractivity contribution in [2.75, 3.05) is 11.2 Å². The summed E-state index contributed by atoms with van der Waals surface area (Å²) in [6.07, 6.45) is 8.29. The van der Waals surface area contributed by atoms with Crippen molar-refractivity contribution in [1.29, 1.82) is 0 Å². The summed E-state index contributed by atoms with van der Waals surface area (Å²) >= 11 is 5.63. The summed E-state index contributed by atoms with van der Waals surface area (Å²) in [5.74, 6) is -0.0379. The number of fused-ring (bicyclic) bond motifs is 3. The Hall–Kier alpha value is -4.23.